The fourth-order valence-electron chi connectivity index (χ4n) is 2.76. The summed E-state index contributed by atoms with van der Waals surface area (Å²) in [5.41, 5.74) is 2.13. The minimum atomic E-state index is -1.02. The first kappa shape index (κ1) is 21.1. The van der Waals surface area contributed by atoms with Gasteiger partial charge in [-0.05, 0) is 49.9 Å². The molecule has 7 heteroatoms. The van der Waals surface area contributed by atoms with Crippen molar-refractivity contribution in [3.8, 4) is 0 Å². The van der Waals surface area contributed by atoms with Crippen LogP contribution in [0.4, 0.5) is 11.4 Å². The van der Waals surface area contributed by atoms with E-state index in [0.717, 1.165) is 12.0 Å². The summed E-state index contributed by atoms with van der Waals surface area (Å²) in [5.74, 6) is -0.879. The van der Waals surface area contributed by atoms with Crippen molar-refractivity contribution in [2.45, 2.75) is 46.1 Å². The SMILES string of the molecule is CC[C@@H](C)c1ccccc1NC(=O)[C@H](C)OC(=O)c1ccc([N+](=O)[O-])c(C)c1. The summed E-state index contributed by atoms with van der Waals surface area (Å²) in [6.45, 7) is 7.17. The number of rotatable bonds is 7. The number of aryl methyl sites for hydroxylation is 1. The lowest BCUT2D eigenvalue weighted by Gasteiger charge is -2.18. The van der Waals surface area contributed by atoms with Crippen LogP contribution in [0.25, 0.3) is 0 Å². The molecule has 28 heavy (non-hydrogen) atoms. The summed E-state index contributed by atoms with van der Waals surface area (Å²) in [4.78, 5) is 35.1. The van der Waals surface area contributed by atoms with Crippen molar-refractivity contribution in [3.63, 3.8) is 0 Å². The van der Waals surface area contributed by atoms with E-state index in [2.05, 4.69) is 19.2 Å². The molecule has 0 spiro atoms. The molecule has 0 fully saturated rings. The Morgan fingerprint density at radius 2 is 1.86 bits per heavy atom. The molecule has 0 aliphatic heterocycles. The Morgan fingerprint density at radius 3 is 2.46 bits per heavy atom. The molecule has 2 aromatic rings. The van der Waals surface area contributed by atoms with Gasteiger partial charge in [0.15, 0.2) is 6.10 Å². The van der Waals surface area contributed by atoms with Crippen molar-refractivity contribution in [3.05, 3.63) is 69.3 Å². The highest BCUT2D eigenvalue weighted by Gasteiger charge is 2.22. The minimum Gasteiger partial charge on any atom is -0.449 e. The molecule has 1 N–H and O–H groups in total. The molecule has 0 saturated carbocycles. The van der Waals surface area contributed by atoms with Crippen LogP contribution in [0.15, 0.2) is 42.5 Å². The van der Waals surface area contributed by atoms with Crippen LogP contribution < -0.4 is 5.32 Å². The van der Waals surface area contributed by atoms with Crippen molar-refractivity contribution in [2.75, 3.05) is 5.32 Å². The number of carbonyl (C=O) groups is 2. The van der Waals surface area contributed by atoms with Gasteiger partial charge in [0.25, 0.3) is 11.6 Å². The van der Waals surface area contributed by atoms with Crippen molar-refractivity contribution < 1.29 is 19.2 Å². The number of nitro benzene ring substituents is 1. The van der Waals surface area contributed by atoms with Crippen LogP contribution in [0.5, 0.6) is 0 Å². The van der Waals surface area contributed by atoms with Crippen molar-refractivity contribution in [1.82, 2.24) is 0 Å². The number of hydrogen-bond donors (Lipinski definition) is 1. The molecule has 0 aromatic heterocycles. The lowest BCUT2D eigenvalue weighted by atomic mass is 9.97. The number of nitro groups is 1. The second-order valence-electron chi connectivity index (χ2n) is 6.69. The number of hydrogen-bond acceptors (Lipinski definition) is 5. The molecule has 0 aliphatic carbocycles. The van der Waals surface area contributed by atoms with E-state index >= 15 is 0 Å². The van der Waals surface area contributed by atoms with E-state index in [1.165, 1.54) is 32.0 Å². The van der Waals surface area contributed by atoms with Gasteiger partial charge < -0.3 is 10.1 Å². The predicted molar refractivity (Wildman–Crippen MR) is 106 cm³/mol. The largest absolute Gasteiger partial charge is 0.449 e. The van der Waals surface area contributed by atoms with E-state index in [9.17, 15) is 19.7 Å². The Morgan fingerprint density at radius 1 is 1.18 bits per heavy atom. The highest BCUT2D eigenvalue weighted by Crippen LogP contribution is 2.26. The number of anilines is 1. The fraction of sp³-hybridized carbons (Fsp3) is 0.333. The predicted octanol–water partition coefficient (Wildman–Crippen LogP) is 4.60. The van der Waals surface area contributed by atoms with Crippen molar-refractivity contribution in [2.24, 2.45) is 0 Å². The van der Waals surface area contributed by atoms with Crippen LogP contribution in [-0.2, 0) is 9.53 Å². The molecular formula is C21H24N2O5. The highest BCUT2D eigenvalue weighted by molar-refractivity contribution is 5.98. The number of benzene rings is 2. The van der Waals surface area contributed by atoms with Gasteiger partial charge in [0, 0.05) is 17.3 Å². The van der Waals surface area contributed by atoms with Gasteiger partial charge in [-0.2, -0.15) is 0 Å². The summed E-state index contributed by atoms with van der Waals surface area (Å²) >= 11 is 0. The number of esters is 1. The zero-order valence-corrected chi connectivity index (χ0v) is 16.4. The third kappa shape index (κ3) is 4.94. The van der Waals surface area contributed by atoms with Gasteiger partial charge in [0.2, 0.25) is 0 Å². The van der Waals surface area contributed by atoms with E-state index in [4.69, 9.17) is 4.74 Å². The molecule has 2 aromatic carbocycles. The molecule has 0 heterocycles. The number of ether oxygens (including phenoxy) is 1. The molecule has 7 nitrogen and oxygen atoms in total. The fourth-order valence-corrected chi connectivity index (χ4v) is 2.76. The quantitative estimate of drug-likeness (QED) is 0.427. The Kier molecular flexibility index (Phi) is 6.87. The number of carbonyl (C=O) groups excluding carboxylic acids is 2. The van der Waals surface area contributed by atoms with Gasteiger partial charge in [-0.3, -0.25) is 14.9 Å². The molecule has 0 bridgehead atoms. The highest BCUT2D eigenvalue weighted by atomic mass is 16.6. The second-order valence-corrected chi connectivity index (χ2v) is 6.69. The van der Waals surface area contributed by atoms with Gasteiger partial charge in [-0.15, -0.1) is 0 Å². The summed E-state index contributed by atoms with van der Waals surface area (Å²) < 4.78 is 5.23. The lowest BCUT2D eigenvalue weighted by molar-refractivity contribution is -0.385. The molecule has 0 unspecified atom stereocenters. The van der Waals surface area contributed by atoms with Crippen LogP contribution in [0.1, 0.15) is 54.6 Å². The van der Waals surface area contributed by atoms with Gasteiger partial charge in [-0.25, -0.2) is 4.79 Å². The van der Waals surface area contributed by atoms with E-state index in [1.54, 1.807) is 0 Å². The average molecular weight is 384 g/mol. The maximum absolute atomic E-state index is 12.5. The van der Waals surface area contributed by atoms with Crippen LogP contribution in [-0.4, -0.2) is 22.9 Å². The first-order chi connectivity index (χ1) is 13.2. The van der Waals surface area contributed by atoms with Crippen LogP contribution in [0, 0.1) is 17.0 Å². The van der Waals surface area contributed by atoms with Crippen LogP contribution in [0.2, 0.25) is 0 Å². The normalized spacial score (nSPS) is 12.7. The topological polar surface area (TPSA) is 98.5 Å². The van der Waals surface area contributed by atoms with Gasteiger partial charge in [0.05, 0.1) is 10.5 Å². The second kappa shape index (κ2) is 9.12. The smallest absolute Gasteiger partial charge is 0.338 e. The third-order valence-electron chi connectivity index (χ3n) is 4.64. The van der Waals surface area contributed by atoms with Gasteiger partial charge in [-0.1, -0.05) is 32.0 Å². The van der Waals surface area contributed by atoms with Crippen LogP contribution >= 0.6 is 0 Å². The first-order valence-corrected chi connectivity index (χ1v) is 9.10. The van der Waals surface area contributed by atoms with E-state index in [0.29, 0.717) is 11.3 Å². The van der Waals surface area contributed by atoms with Crippen molar-refractivity contribution in [1.29, 1.82) is 0 Å². The molecule has 0 radical (unpaired) electrons. The number of para-hydroxylation sites is 1. The molecular weight excluding hydrogens is 360 g/mol. The van der Waals surface area contributed by atoms with E-state index in [1.807, 2.05) is 24.3 Å². The summed E-state index contributed by atoms with van der Waals surface area (Å²) in [6, 6.07) is 11.5. The molecule has 2 rings (SSSR count). The maximum atomic E-state index is 12.5. The first-order valence-electron chi connectivity index (χ1n) is 9.10. The zero-order valence-electron chi connectivity index (χ0n) is 16.4. The zero-order chi connectivity index (χ0) is 20.8. The molecule has 2 atom stereocenters. The Bertz CT molecular complexity index is 894. The number of nitrogens with zero attached hydrogens (tertiary/aromatic N) is 1. The standard InChI is InChI=1S/C21H24N2O5/c1-5-13(2)17-8-6-7-9-18(17)22-20(24)15(4)28-21(25)16-10-11-19(23(26)27)14(3)12-16/h6-13,15H,5H2,1-4H3,(H,22,24)/t13-,15+/m1/s1. The average Bonchev–Trinajstić information content (AvgIpc) is 2.67. The Hall–Kier alpha value is -3.22. The van der Waals surface area contributed by atoms with Crippen molar-refractivity contribution >= 4 is 23.3 Å². The molecule has 1 amide bonds. The molecule has 0 aliphatic rings. The van der Waals surface area contributed by atoms with Crippen LogP contribution in [0.3, 0.4) is 0 Å². The maximum Gasteiger partial charge on any atom is 0.338 e. The third-order valence-corrected chi connectivity index (χ3v) is 4.64. The Labute approximate surface area is 163 Å². The summed E-state index contributed by atoms with van der Waals surface area (Å²) in [6.07, 6.45) is -0.0929. The Balaban J connectivity index is 2.08. The number of amides is 1. The summed E-state index contributed by atoms with van der Waals surface area (Å²) in [7, 11) is 0. The number of nitrogens with one attached hydrogen (secondary N) is 1. The lowest BCUT2D eigenvalue weighted by Crippen LogP contribution is -2.30. The van der Waals surface area contributed by atoms with E-state index in [-0.39, 0.29) is 17.2 Å². The monoisotopic (exact) mass is 384 g/mol. The van der Waals surface area contributed by atoms with E-state index < -0.39 is 22.9 Å². The minimum absolute atomic E-state index is 0.0796. The summed E-state index contributed by atoms with van der Waals surface area (Å²) in [5, 5.41) is 13.7. The van der Waals surface area contributed by atoms with Gasteiger partial charge in [0.1, 0.15) is 0 Å². The molecule has 148 valence electrons. The van der Waals surface area contributed by atoms with Gasteiger partial charge >= 0.3 is 5.97 Å². The molecule has 0 saturated heterocycles.